The third kappa shape index (κ3) is 6.06. The Morgan fingerprint density at radius 2 is 1.67 bits per heavy atom. The molecule has 5 nitrogen and oxygen atoms in total. The smallest absolute Gasteiger partial charge is 0.295 e. The molecule has 0 radical (unpaired) electrons. The quantitative estimate of drug-likeness (QED) is 0.196. The van der Waals surface area contributed by atoms with Crippen LogP contribution in [0.25, 0.3) is 5.76 Å². The summed E-state index contributed by atoms with van der Waals surface area (Å²) >= 11 is 0. The summed E-state index contributed by atoms with van der Waals surface area (Å²) in [5, 5.41) is 11.4. The number of amides is 1. The van der Waals surface area contributed by atoms with Gasteiger partial charge in [0.25, 0.3) is 11.7 Å². The topological polar surface area (TPSA) is 66.8 Å². The number of carbonyl (C=O) groups is 2. The summed E-state index contributed by atoms with van der Waals surface area (Å²) < 4.78 is 19.2. The van der Waals surface area contributed by atoms with E-state index < -0.39 is 17.7 Å². The maximum Gasteiger partial charge on any atom is 0.295 e. The number of aliphatic hydroxyl groups is 1. The molecular formula is C33H36FNO4. The van der Waals surface area contributed by atoms with Gasteiger partial charge in [-0.1, -0.05) is 64.1 Å². The summed E-state index contributed by atoms with van der Waals surface area (Å²) in [4.78, 5) is 28.2. The number of hydrogen-bond acceptors (Lipinski definition) is 4. The van der Waals surface area contributed by atoms with Gasteiger partial charge in [0.2, 0.25) is 0 Å². The van der Waals surface area contributed by atoms with Gasteiger partial charge in [-0.05, 0) is 77.8 Å². The van der Waals surface area contributed by atoms with Crippen molar-refractivity contribution in [1.29, 1.82) is 0 Å². The van der Waals surface area contributed by atoms with Gasteiger partial charge in [-0.3, -0.25) is 9.59 Å². The van der Waals surface area contributed by atoms with Gasteiger partial charge in [-0.15, -0.1) is 0 Å². The largest absolute Gasteiger partial charge is 0.507 e. The molecule has 1 aliphatic heterocycles. The molecule has 1 fully saturated rings. The van der Waals surface area contributed by atoms with Crippen molar-refractivity contribution in [3.63, 3.8) is 0 Å². The number of carbonyl (C=O) groups excluding carboxylic acids is 2. The van der Waals surface area contributed by atoms with Gasteiger partial charge < -0.3 is 14.7 Å². The van der Waals surface area contributed by atoms with Crippen molar-refractivity contribution in [3.8, 4) is 5.75 Å². The number of ketones is 1. The number of benzene rings is 3. The molecule has 204 valence electrons. The number of halogens is 1. The van der Waals surface area contributed by atoms with Gasteiger partial charge in [-0.2, -0.15) is 0 Å². The molecule has 3 aromatic rings. The second-order valence-corrected chi connectivity index (χ2v) is 11.1. The van der Waals surface area contributed by atoms with E-state index >= 15 is 0 Å². The highest BCUT2D eigenvalue weighted by Gasteiger charge is 2.46. The highest BCUT2D eigenvalue weighted by atomic mass is 19.1. The van der Waals surface area contributed by atoms with Crippen molar-refractivity contribution >= 4 is 17.4 Å². The Bertz CT molecular complexity index is 1380. The van der Waals surface area contributed by atoms with Crippen LogP contribution in [-0.2, 0) is 21.4 Å². The summed E-state index contributed by atoms with van der Waals surface area (Å²) in [6, 6.07) is 18.4. The number of Topliss-reactive ketones (excluding diaryl/α,β-unsaturated/α-hetero) is 1. The lowest BCUT2D eigenvalue weighted by Gasteiger charge is -2.26. The molecule has 0 spiro atoms. The first kappa shape index (κ1) is 28.1. The number of rotatable bonds is 8. The lowest BCUT2D eigenvalue weighted by Crippen LogP contribution is -2.31. The number of ether oxygens (including phenoxy) is 1. The predicted octanol–water partition coefficient (Wildman–Crippen LogP) is 6.88. The van der Waals surface area contributed by atoms with Gasteiger partial charge in [0, 0.05) is 12.1 Å². The van der Waals surface area contributed by atoms with Crippen LogP contribution >= 0.6 is 0 Å². The van der Waals surface area contributed by atoms with Gasteiger partial charge in [-0.25, -0.2) is 4.39 Å². The van der Waals surface area contributed by atoms with Crippen molar-refractivity contribution in [1.82, 2.24) is 4.90 Å². The number of hydrogen-bond donors (Lipinski definition) is 1. The Hall–Kier alpha value is -3.93. The molecule has 1 unspecified atom stereocenters. The minimum atomic E-state index is -0.754. The fourth-order valence-electron chi connectivity index (χ4n) is 4.85. The van der Waals surface area contributed by atoms with Crippen LogP contribution in [0.15, 0.2) is 72.3 Å². The molecule has 4 rings (SSSR count). The zero-order valence-electron chi connectivity index (χ0n) is 23.3. The molecule has 1 heterocycles. The minimum Gasteiger partial charge on any atom is -0.507 e. The Balaban J connectivity index is 1.77. The van der Waals surface area contributed by atoms with Crippen LogP contribution in [-0.4, -0.2) is 34.8 Å². The van der Waals surface area contributed by atoms with Crippen LogP contribution in [0.1, 0.15) is 68.0 Å². The van der Waals surface area contributed by atoms with E-state index in [0.29, 0.717) is 24.3 Å². The van der Waals surface area contributed by atoms with Crippen molar-refractivity contribution < 1.29 is 23.8 Å². The molecule has 1 N–H and O–H groups in total. The molecule has 0 aromatic heterocycles. The van der Waals surface area contributed by atoms with E-state index in [-0.39, 0.29) is 29.1 Å². The number of likely N-dealkylation sites (tertiary alicyclic amines) is 1. The molecule has 1 saturated heterocycles. The Labute approximate surface area is 229 Å². The molecular weight excluding hydrogens is 493 g/mol. The molecule has 0 aliphatic carbocycles. The van der Waals surface area contributed by atoms with Gasteiger partial charge in [0.1, 0.15) is 17.3 Å². The fourth-order valence-corrected chi connectivity index (χ4v) is 4.85. The molecule has 39 heavy (non-hydrogen) atoms. The monoisotopic (exact) mass is 529 g/mol. The van der Waals surface area contributed by atoms with Crippen LogP contribution in [0.2, 0.25) is 0 Å². The van der Waals surface area contributed by atoms with Gasteiger partial charge >= 0.3 is 0 Å². The predicted molar refractivity (Wildman–Crippen MR) is 151 cm³/mol. The van der Waals surface area contributed by atoms with E-state index in [1.807, 2.05) is 38.1 Å². The highest BCUT2D eigenvalue weighted by Crippen LogP contribution is 2.40. The molecule has 1 atom stereocenters. The summed E-state index contributed by atoms with van der Waals surface area (Å²) in [6.07, 6.45) is 1.31. The first-order chi connectivity index (χ1) is 18.5. The first-order valence-corrected chi connectivity index (χ1v) is 13.4. The number of nitrogens with zero attached hydrogens (tertiary/aromatic N) is 1. The maximum atomic E-state index is 13.4. The molecule has 0 saturated carbocycles. The van der Waals surface area contributed by atoms with Gasteiger partial charge in [0.05, 0.1) is 18.2 Å². The second-order valence-electron chi connectivity index (χ2n) is 11.1. The van der Waals surface area contributed by atoms with Crippen molar-refractivity contribution in [3.05, 3.63) is 106 Å². The Morgan fingerprint density at radius 1 is 1.00 bits per heavy atom. The van der Waals surface area contributed by atoms with Gasteiger partial charge in [0.15, 0.2) is 0 Å². The van der Waals surface area contributed by atoms with Crippen LogP contribution in [0.4, 0.5) is 4.39 Å². The first-order valence-electron chi connectivity index (χ1n) is 13.4. The zero-order valence-corrected chi connectivity index (χ0v) is 23.3. The van der Waals surface area contributed by atoms with E-state index in [4.69, 9.17) is 4.74 Å². The van der Waals surface area contributed by atoms with Crippen LogP contribution in [0, 0.1) is 12.7 Å². The standard InChI is InChI=1S/C33H36FNO4/c1-6-19-39-27-16-11-24(20-21(27)2)30(36)28-29(23-9-12-25(13-10-23)33(3,4)5)35(32(38)31(28)37)18-17-22-7-14-26(34)15-8-22/h7-16,20,29,36H,6,17-19H2,1-5H3/b30-28-. The van der Waals surface area contributed by atoms with E-state index in [0.717, 1.165) is 28.7 Å². The average Bonchev–Trinajstić information content (AvgIpc) is 3.16. The Morgan fingerprint density at radius 3 is 2.26 bits per heavy atom. The lowest BCUT2D eigenvalue weighted by atomic mass is 9.85. The molecule has 1 amide bonds. The van der Waals surface area contributed by atoms with E-state index in [9.17, 15) is 19.1 Å². The summed E-state index contributed by atoms with van der Waals surface area (Å²) in [6.45, 7) is 11.1. The lowest BCUT2D eigenvalue weighted by molar-refractivity contribution is -0.139. The third-order valence-corrected chi connectivity index (χ3v) is 7.10. The highest BCUT2D eigenvalue weighted by molar-refractivity contribution is 6.46. The molecule has 6 heteroatoms. The minimum absolute atomic E-state index is 0.0595. The van der Waals surface area contributed by atoms with Crippen LogP contribution < -0.4 is 4.74 Å². The fraction of sp³-hybridized carbons (Fsp3) is 0.333. The molecule has 0 bridgehead atoms. The van der Waals surface area contributed by atoms with Crippen LogP contribution in [0.3, 0.4) is 0 Å². The summed E-state index contributed by atoms with van der Waals surface area (Å²) in [5.74, 6) is -1.22. The SMILES string of the molecule is CCCOc1ccc(/C(O)=C2/C(=O)C(=O)N(CCc3ccc(F)cc3)C2c2ccc(C(C)(C)C)cc2)cc1C. The molecule has 3 aromatic carbocycles. The van der Waals surface area contributed by atoms with Crippen LogP contribution in [0.5, 0.6) is 5.75 Å². The average molecular weight is 530 g/mol. The van der Waals surface area contributed by atoms with E-state index in [2.05, 4.69) is 20.8 Å². The second kappa shape index (κ2) is 11.4. The summed E-state index contributed by atoms with van der Waals surface area (Å²) in [7, 11) is 0. The van der Waals surface area contributed by atoms with E-state index in [1.54, 1.807) is 30.3 Å². The Kier molecular flexibility index (Phi) is 8.24. The number of aliphatic hydroxyl groups excluding tert-OH is 1. The normalized spacial score (nSPS) is 17.1. The van der Waals surface area contributed by atoms with Crippen molar-refractivity contribution in [2.45, 2.75) is 58.9 Å². The number of aryl methyl sites for hydroxylation is 1. The third-order valence-electron chi connectivity index (χ3n) is 7.10. The van der Waals surface area contributed by atoms with Crippen molar-refractivity contribution in [2.75, 3.05) is 13.2 Å². The van der Waals surface area contributed by atoms with E-state index in [1.165, 1.54) is 17.0 Å². The van der Waals surface area contributed by atoms with Crippen molar-refractivity contribution in [2.24, 2.45) is 0 Å². The maximum absolute atomic E-state index is 13.4. The molecule has 1 aliphatic rings. The zero-order chi connectivity index (χ0) is 28.3. The summed E-state index contributed by atoms with van der Waals surface area (Å²) in [5.41, 5.74) is 3.97.